The number of hydrogen-bond acceptors (Lipinski definition) is 3. The van der Waals surface area contributed by atoms with Gasteiger partial charge < -0.3 is 5.32 Å². The minimum atomic E-state index is 0.411. The van der Waals surface area contributed by atoms with E-state index in [4.69, 9.17) is 0 Å². The molecule has 0 amide bonds. The molecule has 2 rings (SSSR count). The molecule has 1 saturated carbocycles. The van der Waals surface area contributed by atoms with Gasteiger partial charge in [-0.3, -0.25) is 4.68 Å². The number of hydrogen-bond donors (Lipinski definition) is 1. The normalized spacial score (nSPS) is 25.6. The lowest BCUT2D eigenvalue weighted by Crippen LogP contribution is -2.29. The van der Waals surface area contributed by atoms with E-state index in [1.54, 1.807) is 0 Å². The Balaban J connectivity index is 1.88. The quantitative estimate of drug-likeness (QED) is 0.889. The van der Waals surface area contributed by atoms with E-state index < -0.39 is 0 Å². The van der Waals surface area contributed by atoms with Crippen molar-refractivity contribution in [3.8, 4) is 0 Å². The van der Waals surface area contributed by atoms with Gasteiger partial charge in [0, 0.05) is 36.1 Å². The van der Waals surface area contributed by atoms with Crippen molar-refractivity contribution in [2.75, 3.05) is 5.75 Å². The van der Waals surface area contributed by atoms with E-state index >= 15 is 0 Å². The van der Waals surface area contributed by atoms with Crippen molar-refractivity contribution in [1.29, 1.82) is 0 Å². The number of thioether (sulfide) groups is 1. The highest BCUT2D eigenvalue weighted by Crippen LogP contribution is 2.31. The van der Waals surface area contributed by atoms with Crippen molar-refractivity contribution in [1.82, 2.24) is 15.1 Å². The summed E-state index contributed by atoms with van der Waals surface area (Å²) in [6.45, 7) is 6.61. The molecule has 102 valence electrons. The van der Waals surface area contributed by atoms with E-state index in [0.29, 0.717) is 12.1 Å². The second kappa shape index (κ2) is 6.11. The molecular formula is C14H25N3S. The Morgan fingerprint density at radius 1 is 1.56 bits per heavy atom. The summed E-state index contributed by atoms with van der Waals surface area (Å²) in [5, 5.41) is 9.06. The largest absolute Gasteiger partial charge is 0.307 e. The molecule has 0 spiro atoms. The van der Waals surface area contributed by atoms with Crippen molar-refractivity contribution < 1.29 is 0 Å². The summed E-state index contributed by atoms with van der Waals surface area (Å²) in [6.07, 6.45) is 6.15. The molecule has 0 saturated heterocycles. The van der Waals surface area contributed by atoms with Gasteiger partial charge in [-0.1, -0.05) is 6.92 Å². The first-order valence-corrected chi connectivity index (χ1v) is 8.02. The molecule has 1 aliphatic rings. The molecule has 0 aliphatic heterocycles. The van der Waals surface area contributed by atoms with Crippen LogP contribution in [0.5, 0.6) is 0 Å². The molecule has 1 N–H and O–H groups in total. The molecule has 0 aromatic carbocycles. The second-order valence-electron chi connectivity index (χ2n) is 5.32. The lowest BCUT2D eigenvalue weighted by molar-refractivity contribution is 0.461. The molecule has 3 atom stereocenters. The highest BCUT2D eigenvalue weighted by atomic mass is 32.2. The van der Waals surface area contributed by atoms with E-state index in [1.165, 1.54) is 30.6 Å². The van der Waals surface area contributed by atoms with Gasteiger partial charge in [0.05, 0.1) is 5.69 Å². The average molecular weight is 267 g/mol. The number of aryl methyl sites for hydroxylation is 2. The van der Waals surface area contributed by atoms with Gasteiger partial charge in [-0.25, -0.2) is 0 Å². The van der Waals surface area contributed by atoms with E-state index in [2.05, 4.69) is 49.1 Å². The van der Waals surface area contributed by atoms with Gasteiger partial charge in [-0.05, 0) is 38.9 Å². The van der Waals surface area contributed by atoms with Crippen molar-refractivity contribution in [3.63, 3.8) is 0 Å². The van der Waals surface area contributed by atoms with E-state index in [-0.39, 0.29) is 0 Å². The summed E-state index contributed by atoms with van der Waals surface area (Å²) in [5.41, 5.74) is 2.49. The van der Waals surface area contributed by atoms with E-state index in [1.807, 2.05) is 11.7 Å². The first-order chi connectivity index (χ1) is 8.60. The Bertz CT molecular complexity index is 388. The van der Waals surface area contributed by atoms with Gasteiger partial charge in [-0.15, -0.1) is 0 Å². The molecule has 1 aliphatic carbocycles. The Labute approximate surface area is 115 Å². The maximum Gasteiger partial charge on any atom is 0.0641 e. The van der Waals surface area contributed by atoms with Crippen LogP contribution in [0.3, 0.4) is 0 Å². The SMILES string of the molecule is CCSC1CCC(NC(C)c2cn(C)nc2C)C1. The van der Waals surface area contributed by atoms with Gasteiger partial charge in [0.2, 0.25) is 0 Å². The van der Waals surface area contributed by atoms with Crippen LogP contribution < -0.4 is 5.32 Å². The zero-order chi connectivity index (χ0) is 13.1. The third-order valence-electron chi connectivity index (χ3n) is 3.79. The van der Waals surface area contributed by atoms with Crippen molar-refractivity contribution in [3.05, 3.63) is 17.5 Å². The molecule has 1 fully saturated rings. The Morgan fingerprint density at radius 3 is 2.94 bits per heavy atom. The van der Waals surface area contributed by atoms with Crippen LogP contribution in [0, 0.1) is 6.92 Å². The van der Waals surface area contributed by atoms with Gasteiger partial charge in [-0.2, -0.15) is 16.9 Å². The highest BCUT2D eigenvalue weighted by molar-refractivity contribution is 7.99. The maximum atomic E-state index is 4.42. The van der Waals surface area contributed by atoms with Crippen molar-refractivity contribution in [2.24, 2.45) is 7.05 Å². The zero-order valence-electron chi connectivity index (χ0n) is 11.9. The summed E-state index contributed by atoms with van der Waals surface area (Å²) < 4.78 is 1.91. The van der Waals surface area contributed by atoms with Crippen LogP contribution in [0.2, 0.25) is 0 Å². The predicted molar refractivity (Wildman–Crippen MR) is 79.1 cm³/mol. The zero-order valence-corrected chi connectivity index (χ0v) is 12.8. The number of nitrogens with one attached hydrogen (secondary N) is 1. The fraction of sp³-hybridized carbons (Fsp3) is 0.786. The molecule has 0 bridgehead atoms. The second-order valence-corrected chi connectivity index (χ2v) is 6.90. The minimum Gasteiger partial charge on any atom is -0.307 e. The first-order valence-electron chi connectivity index (χ1n) is 6.98. The third kappa shape index (κ3) is 3.29. The molecule has 1 heterocycles. The minimum absolute atomic E-state index is 0.411. The Morgan fingerprint density at radius 2 is 2.33 bits per heavy atom. The molecule has 1 aromatic rings. The molecule has 1 aromatic heterocycles. The summed E-state index contributed by atoms with van der Waals surface area (Å²) in [5.74, 6) is 1.24. The van der Waals surface area contributed by atoms with Crippen LogP contribution in [0.1, 0.15) is 50.4 Å². The monoisotopic (exact) mass is 267 g/mol. The maximum absolute atomic E-state index is 4.42. The van der Waals surface area contributed by atoms with Crippen molar-refractivity contribution >= 4 is 11.8 Å². The fourth-order valence-electron chi connectivity index (χ4n) is 2.96. The highest BCUT2D eigenvalue weighted by Gasteiger charge is 2.26. The third-order valence-corrected chi connectivity index (χ3v) is 5.02. The Hall–Kier alpha value is -0.480. The lowest BCUT2D eigenvalue weighted by atomic mass is 10.1. The smallest absolute Gasteiger partial charge is 0.0641 e. The van der Waals surface area contributed by atoms with Crippen LogP contribution in [0.25, 0.3) is 0 Å². The van der Waals surface area contributed by atoms with Crippen LogP contribution in [-0.4, -0.2) is 26.8 Å². The predicted octanol–water partition coefficient (Wildman–Crippen LogP) is 3.05. The van der Waals surface area contributed by atoms with E-state index in [9.17, 15) is 0 Å². The summed E-state index contributed by atoms with van der Waals surface area (Å²) in [6, 6.07) is 1.10. The van der Waals surface area contributed by atoms with Gasteiger partial charge in [0.15, 0.2) is 0 Å². The molecule has 4 heteroatoms. The van der Waals surface area contributed by atoms with Gasteiger partial charge in [0.25, 0.3) is 0 Å². The number of aromatic nitrogens is 2. The first kappa shape index (κ1) is 13.9. The van der Waals surface area contributed by atoms with Gasteiger partial charge >= 0.3 is 0 Å². The van der Waals surface area contributed by atoms with Crippen LogP contribution in [0.4, 0.5) is 0 Å². The van der Waals surface area contributed by atoms with Crippen LogP contribution in [-0.2, 0) is 7.05 Å². The lowest BCUT2D eigenvalue weighted by Gasteiger charge is -2.19. The molecular weight excluding hydrogens is 242 g/mol. The molecule has 18 heavy (non-hydrogen) atoms. The standard InChI is InChI=1S/C14H25N3S/c1-5-18-13-7-6-12(8-13)15-10(2)14-9-17(4)16-11(14)3/h9-10,12-13,15H,5-8H2,1-4H3. The molecule has 0 radical (unpaired) electrons. The summed E-state index contributed by atoms with van der Waals surface area (Å²) in [7, 11) is 1.99. The van der Waals surface area contributed by atoms with Gasteiger partial charge in [0.1, 0.15) is 0 Å². The van der Waals surface area contributed by atoms with Crippen LogP contribution in [0.15, 0.2) is 6.20 Å². The fourth-order valence-corrected chi connectivity index (χ4v) is 4.11. The number of nitrogens with zero attached hydrogens (tertiary/aromatic N) is 2. The summed E-state index contributed by atoms with van der Waals surface area (Å²) >= 11 is 2.12. The summed E-state index contributed by atoms with van der Waals surface area (Å²) in [4.78, 5) is 0. The molecule has 3 nitrogen and oxygen atoms in total. The Kier molecular flexibility index (Phi) is 4.73. The van der Waals surface area contributed by atoms with E-state index in [0.717, 1.165) is 10.9 Å². The van der Waals surface area contributed by atoms with Crippen LogP contribution >= 0.6 is 11.8 Å². The number of rotatable bonds is 5. The average Bonchev–Trinajstić information content (AvgIpc) is 2.86. The topological polar surface area (TPSA) is 29.9 Å². The van der Waals surface area contributed by atoms with Crippen molar-refractivity contribution in [2.45, 2.75) is 57.4 Å². The molecule has 3 unspecified atom stereocenters.